The lowest BCUT2D eigenvalue weighted by molar-refractivity contribution is 0.203. The molecule has 1 rings (SSSR count). The molecule has 0 aliphatic carbocycles. The molecule has 0 radical (unpaired) electrons. The zero-order chi connectivity index (χ0) is 14.6. The Kier molecular flexibility index (Phi) is 9.46. The third-order valence-electron chi connectivity index (χ3n) is 3.75. The fourth-order valence-corrected chi connectivity index (χ4v) is 2.61. The van der Waals surface area contributed by atoms with Gasteiger partial charge in [0.25, 0.3) is 0 Å². The Morgan fingerprint density at radius 3 is 2.55 bits per heavy atom. The van der Waals surface area contributed by atoms with E-state index in [1.807, 2.05) is 0 Å². The zero-order valence-electron chi connectivity index (χ0n) is 13.7. The molecule has 1 atom stereocenters. The number of nitrogens with zero attached hydrogens (tertiary/aromatic N) is 2. The average Bonchev–Trinajstić information content (AvgIpc) is 2.46. The summed E-state index contributed by atoms with van der Waals surface area (Å²) in [6, 6.07) is 0. The van der Waals surface area contributed by atoms with E-state index in [1.165, 1.54) is 51.7 Å². The Balaban J connectivity index is 2.28. The van der Waals surface area contributed by atoms with Crippen LogP contribution in [-0.2, 0) is 0 Å². The number of hydrogen-bond acceptors (Lipinski definition) is 2. The van der Waals surface area contributed by atoms with Crippen molar-refractivity contribution < 1.29 is 0 Å². The summed E-state index contributed by atoms with van der Waals surface area (Å²) in [5.41, 5.74) is 0. The number of rotatable bonds is 8. The maximum absolute atomic E-state index is 4.72. The van der Waals surface area contributed by atoms with E-state index in [2.05, 4.69) is 36.3 Å². The number of piperidine rings is 1. The van der Waals surface area contributed by atoms with Gasteiger partial charge in [-0.1, -0.05) is 26.7 Å². The Morgan fingerprint density at radius 1 is 1.15 bits per heavy atom. The SMILES string of the molecule is CCCCNC(=NCC(C)CN1CCCCC1)NCC. The zero-order valence-corrected chi connectivity index (χ0v) is 13.7. The van der Waals surface area contributed by atoms with Crippen LogP contribution in [0, 0.1) is 5.92 Å². The first-order valence-electron chi connectivity index (χ1n) is 8.50. The van der Waals surface area contributed by atoms with Crippen molar-refractivity contribution in [2.24, 2.45) is 10.9 Å². The van der Waals surface area contributed by atoms with E-state index in [4.69, 9.17) is 4.99 Å². The van der Waals surface area contributed by atoms with E-state index in [-0.39, 0.29) is 0 Å². The minimum absolute atomic E-state index is 0.634. The van der Waals surface area contributed by atoms with Crippen molar-refractivity contribution >= 4 is 5.96 Å². The fraction of sp³-hybridized carbons (Fsp3) is 0.938. The molecule has 0 bridgehead atoms. The van der Waals surface area contributed by atoms with Gasteiger partial charge >= 0.3 is 0 Å². The van der Waals surface area contributed by atoms with Crippen LogP contribution in [0.25, 0.3) is 0 Å². The summed E-state index contributed by atoms with van der Waals surface area (Å²) in [6.45, 7) is 13.3. The maximum Gasteiger partial charge on any atom is 0.191 e. The van der Waals surface area contributed by atoms with E-state index >= 15 is 0 Å². The molecular weight excluding hydrogens is 248 g/mol. The molecule has 1 saturated heterocycles. The summed E-state index contributed by atoms with van der Waals surface area (Å²) in [7, 11) is 0. The number of nitrogens with one attached hydrogen (secondary N) is 2. The second-order valence-corrected chi connectivity index (χ2v) is 5.97. The van der Waals surface area contributed by atoms with Gasteiger partial charge in [0, 0.05) is 26.2 Å². The standard InChI is InChI=1S/C16H34N4/c1-4-6-10-18-16(17-5-2)19-13-15(3)14-20-11-8-7-9-12-20/h15H,4-14H2,1-3H3,(H2,17,18,19). The summed E-state index contributed by atoms with van der Waals surface area (Å²) < 4.78 is 0. The van der Waals surface area contributed by atoms with Gasteiger partial charge in [0.1, 0.15) is 0 Å². The average molecular weight is 282 g/mol. The van der Waals surface area contributed by atoms with E-state index in [0.29, 0.717) is 5.92 Å². The summed E-state index contributed by atoms with van der Waals surface area (Å²) in [4.78, 5) is 7.32. The minimum atomic E-state index is 0.634. The van der Waals surface area contributed by atoms with Gasteiger partial charge < -0.3 is 15.5 Å². The van der Waals surface area contributed by atoms with Crippen molar-refractivity contribution in [2.45, 2.75) is 52.9 Å². The van der Waals surface area contributed by atoms with Crippen molar-refractivity contribution in [3.05, 3.63) is 0 Å². The predicted octanol–water partition coefficient (Wildman–Crippen LogP) is 2.46. The summed E-state index contributed by atoms with van der Waals surface area (Å²) >= 11 is 0. The monoisotopic (exact) mass is 282 g/mol. The smallest absolute Gasteiger partial charge is 0.191 e. The molecule has 4 heteroatoms. The summed E-state index contributed by atoms with van der Waals surface area (Å²) in [5, 5.41) is 6.73. The fourth-order valence-electron chi connectivity index (χ4n) is 2.61. The number of aliphatic imine (C=N–C) groups is 1. The van der Waals surface area contributed by atoms with Crippen LogP contribution in [0.2, 0.25) is 0 Å². The number of hydrogen-bond donors (Lipinski definition) is 2. The van der Waals surface area contributed by atoms with Crippen LogP contribution in [0.1, 0.15) is 52.9 Å². The highest BCUT2D eigenvalue weighted by atomic mass is 15.2. The lowest BCUT2D eigenvalue weighted by Crippen LogP contribution is -2.39. The van der Waals surface area contributed by atoms with Gasteiger partial charge in [-0.2, -0.15) is 0 Å². The van der Waals surface area contributed by atoms with Gasteiger partial charge in [0.05, 0.1) is 0 Å². The highest BCUT2D eigenvalue weighted by Gasteiger charge is 2.13. The van der Waals surface area contributed by atoms with Crippen LogP contribution >= 0.6 is 0 Å². The van der Waals surface area contributed by atoms with Gasteiger partial charge in [-0.25, -0.2) is 0 Å². The topological polar surface area (TPSA) is 39.7 Å². The summed E-state index contributed by atoms with van der Waals surface area (Å²) in [5.74, 6) is 1.61. The van der Waals surface area contributed by atoms with Gasteiger partial charge in [0.2, 0.25) is 0 Å². The third-order valence-corrected chi connectivity index (χ3v) is 3.75. The van der Waals surface area contributed by atoms with Crippen molar-refractivity contribution in [2.75, 3.05) is 39.3 Å². The first-order chi connectivity index (χ1) is 9.76. The van der Waals surface area contributed by atoms with Gasteiger partial charge in [-0.15, -0.1) is 0 Å². The van der Waals surface area contributed by atoms with Crippen LogP contribution in [0.5, 0.6) is 0 Å². The van der Waals surface area contributed by atoms with E-state index in [0.717, 1.165) is 25.6 Å². The molecule has 20 heavy (non-hydrogen) atoms. The maximum atomic E-state index is 4.72. The molecule has 0 saturated carbocycles. The highest BCUT2D eigenvalue weighted by molar-refractivity contribution is 5.79. The normalized spacial score (nSPS) is 18.9. The largest absolute Gasteiger partial charge is 0.357 e. The van der Waals surface area contributed by atoms with Crippen molar-refractivity contribution in [3.8, 4) is 0 Å². The Morgan fingerprint density at radius 2 is 1.90 bits per heavy atom. The Labute approximate surface area is 125 Å². The van der Waals surface area contributed by atoms with Crippen molar-refractivity contribution in [3.63, 3.8) is 0 Å². The molecule has 1 unspecified atom stereocenters. The molecular formula is C16H34N4. The number of unbranched alkanes of at least 4 members (excludes halogenated alkanes) is 1. The molecule has 1 fully saturated rings. The molecule has 1 heterocycles. The highest BCUT2D eigenvalue weighted by Crippen LogP contribution is 2.10. The predicted molar refractivity (Wildman–Crippen MR) is 88.3 cm³/mol. The molecule has 0 spiro atoms. The minimum Gasteiger partial charge on any atom is -0.357 e. The molecule has 2 N–H and O–H groups in total. The van der Waals surface area contributed by atoms with E-state index in [1.54, 1.807) is 0 Å². The molecule has 1 aliphatic heterocycles. The third kappa shape index (κ3) is 7.73. The van der Waals surface area contributed by atoms with Crippen molar-refractivity contribution in [1.29, 1.82) is 0 Å². The quantitative estimate of drug-likeness (QED) is 0.408. The first-order valence-corrected chi connectivity index (χ1v) is 8.50. The second-order valence-electron chi connectivity index (χ2n) is 5.97. The van der Waals surface area contributed by atoms with Gasteiger partial charge in [-0.05, 0) is 45.2 Å². The van der Waals surface area contributed by atoms with Crippen molar-refractivity contribution in [1.82, 2.24) is 15.5 Å². The first kappa shape index (κ1) is 17.3. The Bertz CT molecular complexity index is 259. The van der Waals surface area contributed by atoms with E-state index < -0.39 is 0 Å². The Hall–Kier alpha value is -0.770. The number of likely N-dealkylation sites (tertiary alicyclic amines) is 1. The second kappa shape index (κ2) is 11.0. The van der Waals surface area contributed by atoms with Gasteiger partial charge in [-0.3, -0.25) is 4.99 Å². The molecule has 0 aromatic heterocycles. The van der Waals surface area contributed by atoms with Crippen LogP contribution in [-0.4, -0.2) is 50.1 Å². The van der Waals surface area contributed by atoms with Gasteiger partial charge in [0.15, 0.2) is 5.96 Å². The lowest BCUT2D eigenvalue weighted by Gasteiger charge is -2.28. The van der Waals surface area contributed by atoms with Crippen LogP contribution in [0.15, 0.2) is 4.99 Å². The molecule has 4 nitrogen and oxygen atoms in total. The molecule has 118 valence electrons. The van der Waals surface area contributed by atoms with Crippen LogP contribution in [0.4, 0.5) is 0 Å². The lowest BCUT2D eigenvalue weighted by atomic mass is 10.1. The van der Waals surface area contributed by atoms with E-state index in [9.17, 15) is 0 Å². The van der Waals surface area contributed by atoms with Crippen LogP contribution < -0.4 is 10.6 Å². The summed E-state index contributed by atoms with van der Waals surface area (Å²) in [6.07, 6.45) is 6.58. The molecule has 1 aliphatic rings. The molecule has 0 aromatic rings. The molecule has 0 amide bonds. The molecule has 0 aromatic carbocycles. The number of guanidine groups is 1. The van der Waals surface area contributed by atoms with Crippen LogP contribution in [0.3, 0.4) is 0 Å².